The summed E-state index contributed by atoms with van der Waals surface area (Å²) in [4.78, 5) is 27.2. The average molecular weight is 363 g/mol. The summed E-state index contributed by atoms with van der Waals surface area (Å²) in [6.07, 6.45) is 0. The van der Waals surface area contributed by atoms with Crippen molar-refractivity contribution in [2.45, 2.75) is 19.6 Å². The summed E-state index contributed by atoms with van der Waals surface area (Å²) in [6.45, 7) is 5.30. The van der Waals surface area contributed by atoms with E-state index in [4.69, 9.17) is 0 Å². The number of nitrogens with one attached hydrogen (secondary N) is 1. The van der Waals surface area contributed by atoms with Gasteiger partial charge in [0.25, 0.3) is 5.91 Å². The summed E-state index contributed by atoms with van der Waals surface area (Å²) < 4.78 is 0. The van der Waals surface area contributed by atoms with Gasteiger partial charge in [-0.05, 0) is 49.6 Å². The molecule has 4 nitrogen and oxygen atoms in total. The predicted molar refractivity (Wildman–Crippen MR) is 103 cm³/mol. The van der Waals surface area contributed by atoms with E-state index in [1.807, 2.05) is 25.3 Å². The smallest absolute Gasteiger partial charge is 0.253 e. The Balaban J connectivity index is 1.82. The highest BCUT2D eigenvalue weighted by atomic mass is 32.2. The lowest BCUT2D eigenvalue weighted by atomic mass is 10.2. The second-order valence-corrected chi connectivity index (χ2v) is 7.19. The van der Waals surface area contributed by atoms with Crippen molar-refractivity contribution in [3.8, 4) is 0 Å². The predicted octanol–water partition coefficient (Wildman–Crippen LogP) is 4.10. The van der Waals surface area contributed by atoms with Gasteiger partial charge in [0.05, 0.1) is 5.75 Å². The van der Waals surface area contributed by atoms with E-state index in [0.717, 1.165) is 5.75 Å². The third-order valence-electron chi connectivity index (χ3n) is 3.52. The molecule has 6 heteroatoms. The van der Waals surface area contributed by atoms with Gasteiger partial charge < -0.3 is 10.2 Å². The molecule has 1 aromatic heterocycles. The van der Waals surface area contributed by atoms with Crippen molar-refractivity contribution in [2.75, 3.05) is 24.2 Å². The molecule has 0 aliphatic carbocycles. The van der Waals surface area contributed by atoms with Crippen LogP contribution in [0.3, 0.4) is 0 Å². The Hall–Kier alpha value is -1.79. The van der Waals surface area contributed by atoms with Gasteiger partial charge in [0.1, 0.15) is 0 Å². The van der Waals surface area contributed by atoms with E-state index in [1.54, 1.807) is 52.3 Å². The third-order valence-corrected chi connectivity index (χ3v) is 5.56. The Kier molecular flexibility index (Phi) is 7.34. The van der Waals surface area contributed by atoms with Gasteiger partial charge in [-0.2, -0.15) is 0 Å². The van der Waals surface area contributed by atoms with Crippen LogP contribution in [0, 0.1) is 0 Å². The Morgan fingerprint density at radius 3 is 2.42 bits per heavy atom. The average Bonchev–Trinajstić information content (AvgIpc) is 3.10. The van der Waals surface area contributed by atoms with Crippen molar-refractivity contribution in [1.29, 1.82) is 0 Å². The monoisotopic (exact) mass is 362 g/mol. The van der Waals surface area contributed by atoms with Crippen LogP contribution in [0.1, 0.15) is 29.1 Å². The molecule has 1 aromatic carbocycles. The van der Waals surface area contributed by atoms with Gasteiger partial charge in [-0.3, -0.25) is 9.59 Å². The van der Waals surface area contributed by atoms with Crippen LogP contribution in [0.15, 0.2) is 41.8 Å². The molecule has 2 rings (SSSR count). The molecule has 0 aliphatic rings. The molecule has 0 saturated heterocycles. The van der Waals surface area contributed by atoms with Gasteiger partial charge in [0.15, 0.2) is 0 Å². The number of carbonyl (C=O) groups is 2. The van der Waals surface area contributed by atoms with Crippen LogP contribution >= 0.6 is 23.1 Å². The summed E-state index contributed by atoms with van der Waals surface area (Å²) in [6, 6.07) is 11.2. The molecule has 1 N–H and O–H groups in total. The van der Waals surface area contributed by atoms with Crippen molar-refractivity contribution >= 4 is 40.6 Å². The van der Waals surface area contributed by atoms with Crippen LogP contribution in [-0.2, 0) is 10.5 Å². The summed E-state index contributed by atoms with van der Waals surface area (Å²) >= 11 is 3.29. The molecular formula is C18H22N2O2S2. The quantitative estimate of drug-likeness (QED) is 0.769. The summed E-state index contributed by atoms with van der Waals surface area (Å²) in [7, 11) is 0. The maximum absolute atomic E-state index is 12.2. The Morgan fingerprint density at radius 1 is 1.12 bits per heavy atom. The van der Waals surface area contributed by atoms with Crippen molar-refractivity contribution < 1.29 is 9.59 Å². The maximum Gasteiger partial charge on any atom is 0.253 e. The first-order valence-electron chi connectivity index (χ1n) is 7.93. The first kappa shape index (κ1) is 18.5. The van der Waals surface area contributed by atoms with E-state index in [-0.39, 0.29) is 11.8 Å². The lowest BCUT2D eigenvalue weighted by molar-refractivity contribution is -0.113. The number of anilines is 1. The van der Waals surface area contributed by atoms with Crippen molar-refractivity contribution in [2.24, 2.45) is 0 Å². The molecule has 0 bridgehead atoms. The molecule has 0 atom stereocenters. The fraction of sp³-hybridized carbons (Fsp3) is 0.333. The first-order valence-corrected chi connectivity index (χ1v) is 9.96. The maximum atomic E-state index is 12.2. The molecule has 0 saturated carbocycles. The number of hydrogen-bond acceptors (Lipinski definition) is 4. The minimum atomic E-state index is -0.0284. The van der Waals surface area contributed by atoms with Crippen LogP contribution in [0.25, 0.3) is 0 Å². The molecular weight excluding hydrogens is 340 g/mol. The second-order valence-electron chi connectivity index (χ2n) is 5.18. The molecule has 1 heterocycles. The standard InChI is InChI=1S/C18H22N2O2S2/c1-3-20(4-2)18(22)14-7-9-15(10-8-14)19-17(21)13-23-12-16-6-5-11-24-16/h5-11H,3-4,12-13H2,1-2H3,(H,19,21). The molecule has 2 aromatic rings. The van der Waals surface area contributed by atoms with Crippen LogP contribution in [0.4, 0.5) is 5.69 Å². The summed E-state index contributed by atoms with van der Waals surface area (Å²) in [5.41, 5.74) is 1.36. The zero-order chi connectivity index (χ0) is 17.4. The van der Waals surface area contributed by atoms with Crippen molar-refractivity contribution in [3.63, 3.8) is 0 Å². The van der Waals surface area contributed by atoms with Crippen LogP contribution in [0.5, 0.6) is 0 Å². The molecule has 128 valence electrons. The fourth-order valence-electron chi connectivity index (χ4n) is 2.23. The number of nitrogens with zero attached hydrogens (tertiary/aromatic N) is 1. The summed E-state index contributed by atoms with van der Waals surface area (Å²) in [5, 5.41) is 4.90. The molecule has 0 spiro atoms. The zero-order valence-corrected chi connectivity index (χ0v) is 15.6. The number of thioether (sulfide) groups is 1. The fourth-order valence-corrected chi connectivity index (χ4v) is 3.89. The minimum Gasteiger partial charge on any atom is -0.339 e. The van der Waals surface area contributed by atoms with Gasteiger partial charge in [0, 0.05) is 35.0 Å². The van der Waals surface area contributed by atoms with E-state index < -0.39 is 0 Å². The topological polar surface area (TPSA) is 49.4 Å². The number of benzene rings is 1. The minimum absolute atomic E-state index is 0.0179. The molecule has 0 fully saturated rings. The molecule has 0 unspecified atom stereocenters. The summed E-state index contributed by atoms with van der Waals surface area (Å²) in [5.74, 6) is 1.25. The van der Waals surface area contributed by atoms with Gasteiger partial charge in [-0.15, -0.1) is 23.1 Å². The van der Waals surface area contributed by atoms with Gasteiger partial charge in [-0.1, -0.05) is 6.07 Å². The Bertz CT molecular complexity index is 650. The largest absolute Gasteiger partial charge is 0.339 e. The van der Waals surface area contributed by atoms with Crippen LogP contribution in [-0.4, -0.2) is 35.6 Å². The van der Waals surface area contributed by atoms with E-state index in [0.29, 0.717) is 30.1 Å². The second kappa shape index (κ2) is 9.49. The number of hydrogen-bond donors (Lipinski definition) is 1. The number of rotatable bonds is 8. The van der Waals surface area contributed by atoms with E-state index in [9.17, 15) is 9.59 Å². The Labute approximate surface area is 151 Å². The van der Waals surface area contributed by atoms with Crippen LogP contribution < -0.4 is 5.32 Å². The normalized spacial score (nSPS) is 10.4. The number of carbonyl (C=O) groups excluding carboxylic acids is 2. The molecule has 0 radical (unpaired) electrons. The highest BCUT2D eigenvalue weighted by Crippen LogP contribution is 2.17. The molecule has 24 heavy (non-hydrogen) atoms. The zero-order valence-electron chi connectivity index (χ0n) is 14.0. The van der Waals surface area contributed by atoms with Gasteiger partial charge in [0.2, 0.25) is 5.91 Å². The van der Waals surface area contributed by atoms with Gasteiger partial charge in [-0.25, -0.2) is 0 Å². The van der Waals surface area contributed by atoms with Crippen molar-refractivity contribution in [1.82, 2.24) is 4.90 Å². The highest BCUT2D eigenvalue weighted by molar-refractivity contribution is 7.99. The third kappa shape index (κ3) is 5.39. The SMILES string of the molecule is CCN(CC)C(=O)c1ccc(NC(=O)CSCc2cccs2)cc1. The number of amides is 2. The first-order chi connectivity index (χ1) is 11.6. The van der Waals surface area contributed by atoms with Crippen LogP contribution in [0.2, 0.25) is 0 Å². The Morgan fingerprint density at radius 2 is 1.83 bits per heavy atom. The van der Waals surface area contributed by atoms with E-state index in [1.165, 1.54) is 4.88 Å². The number of thiophene rings is 1. The van der Waals surface area contributed by atoms with E-state index >= 15 is 0 Å². The lowest BCUT2D eigenvalue weighted by Gasteiger charge is -2.18. The molecule has 2 amide bonds. The van der Waals surface area contributed by atoms with Gasteiger partial charge >= 0.3 is 0 Å². The van der Waals surface area contributed by atoms with Crippen molar-refractivity contribution in [3.05, 3.63) is 52.2 Å². The highest BCUT2D eigenvalue weighted by Gasteiger charge is 2.12. The van der Waals surface area contributed by atoms with E-state index in [2.05, 4.69) is 11.4 Å². The molecule has 0 aliphatic heterocycles. The lowest BCUT2D eigenvalue weighted by Crippen LogP contribution is -2.30.